The Morgan fingerprint density at radius 2 is 1.81 bits per heavy atom. The molecule has 0 aromatic heterocycles. The van der Waals surface area contributed by atoms with E-state index in [2.05, 4.69) is 0 Å². The maximum Gasteiger partial charge on any atom is 0.227 e. The first-order chi connectivity index (χ1) is 12.7. The highest BCUT2D eigenvalue weighted by molar-refractivity contribution is 5.79. The summed E-state index contributed by atoms with van der Waals surface area (Å²) < 4.78 is 16.5. The number of carbonyl (C=O) groups is 1. The third kappa shape index (κ3) is 4.55. The Balaban J connectivity index is 1.60. The fourth-order valence-corrected chi connectivity index (χ4v) is 3.05. The van der Waals surface area contributed by atoms with Gasteiger partial charge in [0.05, 0.1) is 33.3 Å². The number of amides is 1. The van der Waals surface area contributed by atoms with Gasteiger partial charge in [-0.1, -0.05) is 24.3 Å². The van der Waals surface area contributed by atoms with E-state index in [-0.39, 0.29) is 12.0 Å². The van der Waals surface area contributed by atoms with Gasteiger partial charge in [-0.15, -0.1) is 0 Å². The summed E-state index contributed by atoms with van der Waals surface area (Å²) in [7, 11) is 1.65. The van der Waals surface area contributed by atoms with E-state index in [0.29, 0.717) is 32.7 Å². The van der Waals surface area contributed by atoms with Gasteiger partial charge in [0, 0.05) is 6.54 Å². The van der Waals surface area contributed by atoms with Crippen molar-refractivity contribution >= 4 is 5.91 Å². The third-order valence-electron chi connectivity index (χ3n) is 4.50. The molecule has 1 unspecified atom stereocenters. The van der Waals surface area contributed by atoms with Crippen LogP contribution in [0.2, 0.25) is 0 Å². The van der Waals surface area contributed by atoms with E-state index in [1.807, 2.05) is 60.4 Å². The molecule has 0 spiro atoms. The first-order valence-electron chi connectivity index (χ1n) is 8.94. The van der Waals surface area contributed by atoms with E-state index < -0.39 is 0 Å². The average molecular weight is 355 g/mol. The number of hydrogen-bond donors (Lipinski definition) is 0. The van der Waals surface area contributed by atoms with Gasteiger partial charge in [-0.3, -0.25) is 4.79 Å². The van der Waals surface area contributed by atoms with Crippen molar-refractivity contribution in [1.29, 1.82) is 0 Å². The van der Waals surface area contributed by atoms with Crippen molar-refractivity contribution in [1.82, 2.24) is 4.90 Å². The van der Waals surface area contributed by atoms with Crippen molar-refractivity contribution in [3.63, 3.8) is 0 Å². The second-order valence-corrected chi connectivity index (χ2v) is 6.23. The Morgan fingerprint density at radius 3 is 2.46 bits per heavy atom. The molecule has 1 amide bonds. The fraction of sp³-hybridized carbons (Fsp3) is 0.381. The van der Waals surface area contributed by atoms with E-state index in [4.69, 9.17) is 14.2 Å². The lowest BCUT2D eigenvalue weighted by Gasteiger charge is -2.33. The summed E-state index contributed by atoms with van der Waals surface area (Å²) in [5, 5.41) is 0. The second-order valence-electron chi connectivity index (χ2n) is 6.23. The molecule has 1 atom stereocenters. The van der Waals surface area contributed by atoms with Gasteiger partial charge in [-0.25, -0.2) is 0 Å². The summed E-state index contributed by atoms with van der Waals surface area (Å²) in [4.78, 5) is 14.6. The maximum atomic E-state index is 12.7. The maximum absolute atomic E-state index is 12.7. The van der Waals surface area contributed by atoms with Gasteiger partial charge >= 0.3 is 0 Å². The van der Waals surface area contributed by atoms with Crippen molar-refractivity contribution < 1.29 is 19.0 Å². The van der Waals surface area contributed by atoms with E-state index in [1.54, 1.807) is 7.11 Å². The number of morpholine rings is 1. The van der Waals surface area contributed by atoms with Crippen LogP contribution in [0.15, 0.2) is 48.5 Å². The Bertz CT molecular complexity index is 712. The molecule has 0 saturated carbocycles. The summed E-state index contributed by atoms with van der Waals surface area (Å²) in [6, 6.07) is 15.5. The quantitative estimate of drug-likeness (QED) is 0.798. The highest BCUT2D eigenvalue weighted by Gasteiger charge is 2.25. The highest BCUT2D eigenvalue weighted by Crippen LogP contribution is 2.25. The summed E-state index contributed by atoms with van der Waals surface area (Å²) in [6.07, 6.45) is 0.292. The molecule has 1 aliphatic rings. The molecule has 2 aromatic carbocycles. The molecule has 1 saturated heterocycles. The van der Waals surface area contributed by atoms with Gasteiger partial charge in [0.25, 0.3) is 0 Å². The largest absolute Gasteiger partial charge is 0.497 e. The molecule has 5 nitrogen and oxygen atoms in total. The van der Waals surface area contributed by atoms with Gasteiger partial charge in [-0.05, 0) is 42.3 Å². The molecule has 1 heterocycles. The minimum Gasteiger partial charge on any atom is -0.497 e. The normalized spacial score (nSPS) is 17.0. The topological polar surface area (TPSA) is 48.0 Å². The van der Waals surface area contributed by atoms with Crippen LogP contribution < -0.4 is 9.47 Å². The summed E-state index contributed by atoms with van der Waals surface area (Å²) in [5.74, 6) is 1.76. The lowest BCUT2D eigenvalue weighted by atomic mass is 10.1. The van der Waals surface area contributed by atoms with Crippen molar-refractivity contribution in [2.24, 2.45) is 0 Å². The number of methoxy groups -OCH3 is 1. The van der Waals surface area contributed by atoms with Crippen LogP contribution in [-0.4, -0.2) is 44.2 Å². The molecular weight excluding hydrogens is 330 g/mol. The first-order valence-corrected chi connectivity index (χ1v) is 8.94. The van der Waals surface area contributed by atoms with Gasteiger partial charge < -0.3 is 19.1 Å². The number of hydrogen-bond acceptors (Lipinski definition) is 4. The van der Waals surface area contributed by atoms with E-state index >= 15 is 0 Å². The molecule has 5 heteroatoms. The van der Waals surface area contributed by atoms with E-state index in [1.165, 1.54) is 0 Å². The molecule has 3 rings (SSSR count). The molecule has 26 heavy (non-hydrogen) atoms. The predicted molar refractivity (Wildman–Crippen MR) is 99.6 cm³/mol. The second kappa shape index (κ2) is 8.72. The summed E-state index contributed by atoms with van der Waals surface area (Å²) in [5.41, 5.74) is 2.05. The SMILES string of the molecule is CCOc1ccc(CC(=O)N2CCOC(c3ccc(OC)cc3)C2)cc1. The molecule has 2 aromatic rings. The van der Waals surface area contributed by atoms with Crippen molar-refractivity contribution in [2.45, 2.75) is 19.4 Å². The number of ether oxygens (including phenoxy) is 3. The molecule has 0 bridgehead atoms. The minimum absolute atomic E-state index is 0.0982. The van der Waals surface area contributed by atoms with Crippen LogP contribution in [0.1, 0.15) is 24.2 Å². The standard InChI is InChI=1S/C21H25NO4/c1-3-25-19-8-4-16(5-9-19)14-21(23)22-12-13-26-20(15-22)17-6-10-18(24-2)11-7-17/h4-11,20H,3,12-15H2,1-2H3. The average Bonchev–Trinajstić information content (AvgIpc) is 2.70. The van der Waals surface area contributed by atoms with Crippen LogP contribution in [-0.2, 0) is 16.0 Å². The molecule has 0 N–H and O–H groups in total. The number of rotatable bonds is 6. The Kier molecular flexibility index (Phi) is 6.12. The molecule has 1 fully saturated rings. The van der Waals surface area contributed by atoms with Crippen LogP contribution in [0.3, 0.4) is 0 Å². The zero-order valence-electron chi connectivity index (χ0n) is 15.3. The number of nitrogens with zero attached hydrogens (tertiary/aromatic N) is 1. The Morgan fingerprint density at radius 1 is 1.12 bits per heavy atom. The van der Waals surface area contributed by atoms with Gasteiger partial charge in [0.1, 0.15) is 17.6 Å². The van der Waals surface area contributed by atoms with E-state index in [0.717, 1.165) is 22.6 Å². The fourth-order valence-electron chi connectivity index (χ4n) is 3.05. The lowest BCUT2D eigenvalue weighted by Crippen LogP contribution is -2.42. The summed E-state index contributed by atoms with van der Waals surface area (Å²) in [6.45, 7) is 4.34. The zero-order valence-corrected chi connectivity index (χ0v) is 15.3. The Labute approximate surface area is 154 Å². The van der Waals surface area contributed by atoms with Crippen LogP contribution in [0.25, 0.3) is 0 Å². The molecule has 0 aliphatic carbocycles. The molecule has 1 aliphatic heterocycles. The lowest BCUT2D eigenvalue weighted by molar-refractivity contribution is -0.138. The number of benzene rings is 2. The highest BCUT2D eigenvalue weighted by atomic mass is 16.5. The summed E-state index contributed by atoms with van der Waals surface area (Å²) >= 11 is 0. The zero-order chi connectivity index (χ0) is 18.4. The van der Waals surface area contributed by atoms with Crippen molar-refractivity contribution in [2.75, 3.05) is 33.4 Å². The van der Waals surface area contributed by atoms with Crippen molar-refractivity contribution in [3.05, 3.63) is 59.7 Å². The monoisotopic (exact) mass is 355 g/mol. The Hall–Kier alpha value is -2.53. The first kappa shape index (κ1) is 18.3. The number of carbonyl (C=O) groups excluding carboxylic acids is 1. The van der Waals surface area contributed by atoms with Gasteiger partial charge in [0.15, 0.2) is 0 Å². The van der Waals surface area contributed by atoms with Gasteiger partial charge in [0.2, 0.25) is 5.91 Å². The third-order valence-corrected chi connectivity index (χ3v) is 4.50. The van der Waals surface area contributed by atoms with Gasteiger partial charge in [-0.2, -0.15) is 0 Å². The van der Waals surface area contributed by atoms with Crippen LogP contribution in [0.5, 0.6) is 11.5 Å². The van der Waals surface area contributed by atoms with Crippen LogP contribution in [0.4, 0.5) is 0 Å². The van der Waals surface area contributed by atoms with Crippen LogP contribution in [0, 0.1) is 0 Å². The molecular formula is C21H25NO4. The van der Waals surface area contributed by atoms with Crippen molar-refractivity contribution in [3.8, 4) is 11.5 Å². The minimum atomic E-state index is -0.0982. The molecule has 138 valence electrons. The van der Waals surface area contributed by atoms with Crippen LogP contribution >= 0.6 is 0 Å². The molecule has 0 radical (unpaired) electrons. The predicted octanol–water partition coefficient (Wildman–Crippen LogP) is 3.24. The smallest absolute Gasteiger partial charge is 0.227 e. The van der Waals surface area contributed by atoms with E-state index in [9.17, 15) is 4.79 Å².